The van der Waals surface area contributed by atoms with E-state index in [2.05, 4.69) is 0 Å². The molecule has 3 heteroatoms. The van der Waals surface area contributed by atoms with Gasteiger partial charge in [0.2, 0.25) is 0 Å². The molecule has 0 aromatic heterocycles. The quantitative estimate of drug-likeness (QED) is 0.436. The highest BCUT2D eigenvalue weighted by Gasteiger charge is 2.54. The minimum Gasteiger partial charge on any atom is -0.207 e. The zero-order valence-corrected chi connectivity index (χ0v) is 3.82. The molecular weight excluding hydrogens is 96.9 g/mol. The van der Waals surface area contributed by atoms with E-state index in [-0.39, 0.29) is 12.7 Å². The lowest BCUT2D eigenvalue weighted by atomic mass is 10.0. The van der Waals surface area contributed by atoms with E-state index in [9.17, 15) is 8.78 Å². The van der Waals surface area contributed by atoms with Crippen LogP contribution in [0, 0.1) is 5.92 Å². The molecule has 1 aliphatic carbocycles. The van der Waals surface area contributed by atoms with E-state index in [1.165, 1.54) is 0 Å². The van der Waals surface area contributed by atoms with Crippen molar-refractivity contribution in [2.24, 2.45) is 5.92 Å². The van der Waals surface area contributed by atoms with E-state index in [0.29, 0.717) is 0 Å². The third-order valence-electron chi connectivity index (χ3n) is 1.24. The highest BCUT2D eigenvalue weighted by atomic mass is 19.3. The lowest BCUT2D eigenvalue weighted by Gasteiger charge is -1.87. The molecule has 1 aliphatic rings. The predicted octanol–water partition coefficient (Wildman–Crippen LogP) is 1.23. The van der Waals surface area contributed by atoms with Crippen molar-refractivity contribution in [3.05, 3.63) is 0 Å². The summed E-state index contributed by atoms with van der Waals surface area (Å²) in [6, 6.07) is 0. The first-order valence-corrected chi connectivity index (χ1v) is 2.24. The van der Waals surface area contributed by atoms with Crippen molar-refractivity contribution in [1.82, 2.24) is 0 Å². The maximum atomic E-state index is 11.7. The van der Waals surface area contributed by atoms with Crippen LogP contribution < -0.4 is 0 Å². The summed E-state index contributed by atoms with van der Waals surface area (Å²) < 4.78 is 23.4. The van der Waals surface area contributed by atoms with E-state index in [0.717, 1.165) is 0 Å². The molecule has 0 saturated heterocycles. The maximum Gasteiger partial charge on any atom is 0.250 e. The first-order chi connectivity index (χ1) is 3.17. The van der Waals surface area contributed by atoms with Gasteiger partial charge in [-0.15, -0.1) is 0 Å². The van der Waals surface area contributed by atoms with Gasteiger partial charge in [0.1, 0.15) is 0 Å². The molecule has 38 valence electrons. The van der Waals surface area contributed by atoms with Gasteiger partial charge in [0.05, 0.1) is 7.85 Å². The summed E-state index contributed by atoms with van der Waals surface area (Å²) in [6.45, 7) is 0. The lowest BCUT2D eigenvalue weighted by molar-refractivity contribution is 0.103. The Bertz CT molecular complexity index is 81.8. The average molecular weight is 102 g/mol. The molecule has 1 rings (SSSR count). The number of alkyl halides is 2. The van der Waals surface area contributed by atoms with Crippen LogP contribution in [-0.2, 0) is 0 Å². The van der Waals surface area contributed by atoms with Crippen LogP contribution in [0.3, 0.4) is 0 Å². The van der Waals surface area contributed by atoms with Gasteiger partial charge in [0.15, 0.2) is 0 Å². The SMILES string of the molecule is [B]CC1CC1(F)F. The summed E-state index contributed by atoms with van der Waals surface area (Å²) >= 11 is 0. The summed E-state index contributed by atoms with van der Waals surface area (Å²) in [5.74, 6) is -2.91. The molecule has 0 amide bonds. The molecule has 1 atom stereocenters. The Labute approximate surface area is 42.3 Å². The van der Waals surface area contributed by atoms with Gasteiger partial charge in [-0.1, -0.05) is 6.32 Å². The second kappa shape index (κ2) is 1.20. The first-order valence-electron chi connectivity index (χ1n) is 2.24. The van der Waals surface area contributed by atoms with Crippen LogP contribution in [0.4, 0.5) is 8.78 Å². The minimum absolute atomic E-state index is 0.00347. The van der Waals surface area contributed by atoms with Crippen LogP contribution in [0.15, 0.2) is 0 Å². The summed E-state index contributed by atoms with van der Waals surface area (Å²) in [5.41, 5.74) is 0. The van der Waals surface area contributed by atoms with Gasteiger partial charge in [-0.3, -0.25) is 0 Å². The Morgan fingerprint density at radius 2 is 2.14 bits per heavy atom. The van der Waals surface area contributed by atoms with Crippen LogP contribution in [0.2, 0.25) is 6.32 Å². The first kappa shape index (κ1) is 5.07. The highest BCUT2D eigenvalue weighted by Crippen LogP contribution is 2.50. The Kier molecular flexibility index (Phi) is 0.872. The second-order valence-electron chi connectivity index (χ2n) is 1.90. The Morgan fingerprint density at radius 3 is 2.14 bits per heavy atom. The molecule has 0 aromatic rings. The fraction of sp³-hybridized carbons (Fsp3) is 1.00. The molecule has 0 spiro atoms. The van der Waals surface area contributed by atoms with E-state index >= 15 is 0 Å². The van der Waals surface area contributed by atoms with Gasteiger partial charge < -0.3 is 0 Å². The van der Waals surface area contributed by atoms with Crippen molar-refractivity contribution in [1.29, 1.82) is 0 Å². The molecule has 0 aromatic carbocycles. The number of rotatable bonds is 1. The van der Waals surface area contributed by atoms with Gasteiger partial charge in [-0.2, -0.15) is 0 Å². The molecule has 1 fully saturated rings. The molecule has 0 bridgehead atoms. The molecular formula is C4H5BF2. The van der Waals surface area contributed by atoms with E-state index < -0.39 is 11.8 Å². The van der Waals surface area contributed by atoms with Crippen molar-refractivity contribution >= 4 is 7.85 Å². The van der Waals surface area contributed by atoms with E-state index in [1.54, 1.807) is 0 Å². The molecule has 0 N–H and O–H groups in total. The normalized spacial score (nSPS) is 35.4. The molecule has 2 radical (unpaired) electrons. The van der Waals surface area contributed by atoms with E-state index in [1.807, 2.05) is 0 Å². The van der Waals surface area contributed by atoms with Crippen molar-refractivity contribution in [2.75, 3.05) is 0 Å². The summed E-state index contributed by atoms with van der Waals surface area (Å²) in [7, 11) is 4.93. The standard InChI is InChI=1S/C4H5BF2/c5-2-3-1-4(3,6)7/h3H,1-2H2. The molecule has 0 nitrogen and oxygen atoms in total. The van der Waals surface area contributed by atoms with Crippen molar-refractivity contribution < 1.29 is 8.78 Å². The van der Waals surface area contributed by atoms with Gasteiger partial charge in [-0.25, -0.2) is 8.78 Å². The van der Waals surface area contributed by atoms with Gasteiger partial charge in [-0.05, 0) is 0 Å². The van der Waals surface area contributed by atoms with Crippen LogP contribution in [0.5, 0.6) is 0 Å². The Balaban J connectivity index is 2.30. The molecule has 1 unspecified atom stereocenters. The van der Waals surface area contributed by atoms with Gasteiger partial charge in [0.25, 0.3) is 5.92 Å². The minimum atomic E-state index is -2.41. The second-order valence-corrected chi connectivity index (χ2v) is 1.90. The maximum absolute atomic E-state index is 11.7. The van der Waals surface area contributed by atoms with E-state index in [4.69, 9.17) is 7.85 Å². The summed E-state index contributed by atoms with van der Waals surface area (Å²) in [4.78, 5) is 0. The monoisotopic (exact) mass is 102 g/mol. The number of halogens is 2. The van der Waals surface area contributed by atoms with Gasteiger partial charge >= 0.3 is 0 Å². The van der Waals surface area contributed by atoms with Crippen LogP contribution >= 0.6 is 0 Å². The van der Waals surface area contributed by atoms with Gasteiger partial charge in [0, 0.05) is 12.3 Å². The average Bonchev–Trinajstić information content (AvgIpc) is 2.13. The highest BCUT2D eigenvalue weighted by molar-refractivity contribution is 6.08. The zero-order chi connectivity index (χ0) is 5.49. The third-order valence-corrected chi connectivity index (χ3v) is 1.24. The molecule has 0 heterocycles. The predicted molar refractivity (Wildman–Crippen MR) is 23.6 cm³/mol. The van der Waals surface area contributed by atoms with Crippen LogP contribution in [0.1, 0.15) is 6.42 Å². The molecule has 1 saturated carbocycles. The molecule has 0 aliphatic heterocycles. The summed E-state index contributed by atoms with van der Waals surface area (Å²) in [6.07, 6.45) is 0.135. The van der Waals surface area contributed by atoms with Crippen molar-refractivity contribution in [3.8, 4) is 0 Å². The largest absolute Gasteiger partial charge is 0.250 e. The Hall–Kier alpha value is -0.0751. The van der Waals surface area contributed by atoms with Crippen LogP contribution in [-0.4, -0.2) is 13.8 Å². The number of hydrogen-bond acceptors (Lipinski definition) is 0. The van der Waals surface area contributed by atoms with Crippen molar-refractivity contribution in [3.63, 3.8) is 0 Å². The third kappa shape index (κ3) is 0.765. The van der Waals surface area contributed by atoms with Crippen LogP contribution in [0.25, 0.3) is 0 Å². The zero-order valence-electron chi connectivity index (χ0n) is 3.82. The summed E-state index contributed by atoms with van der Waals surface area (Å²) in [5, 5.41) is 0. The lowest BCUT2D eigenvalue weighted by Crippen LogP contribution is -1.91. The smallest absolute Gasteiger partial charge is 0.207 e. The number of hydrogen-bond donors (Lipinski definition) is 0. The fourth-order valence-electron chi connectivity index (χ4n) is 0.525. The topological polar surface area (TPSA) is 0 Å². The fourth-order valence-corrected chi connectivity index (χ4v) is 0.525. The van der Waals surface area contributed by atoms with Crippen molar-refractivity contribution in [2.45, 2.75) is 18.7 Å². The molecule has 7 heavy (non-hydrogen) atoms. The Morgan fingerprint density at radius 1 is 1.71 bits per heavy atom.